The average molecular weight is 438 g/mol. The first-order valence-electron chi connectivity index (χ1n) is 10.5. The average Bonchev–Trinajstić information content (AvgIpc) is 3.29. The molecule has 1 amide bonds. The monoisotopic (exact) mass is 438 g/mol. The van der Waals surface area contributed by atoms with E-state index in [1.165, 1.54) is 21.4 Å². The van der Waals surface area contributed by atoms with E-state index < -0.39 is 47.2 Å². The molecule has 1 saturated carbocycles. The van der Waals surface area contributed by atoms with Gasteiger partial charge in [0.05, 0.1) is 13.1 Å². The van der Waals surface area contributed by atoms with Crippen molar-refractivity contribution < 1.29 is 22.4 Å². The van der Waals surface area contributed by atoms with Gasteiger partial charge in [0.25, 0.3) is 5.92 Å². The molecule has 0 spiro atoms. The number of benzene rings is 1. The first kappa shape index (κ1) is 20.3. The maximum absolute atomic E-state index is 14.4. The van der Waals surface area contributed by atoms with Crippen molar-refractivity contribution in [2.24, 2.45) is 0 Å². The Kier molecular flexibility index (Phi) is 4.53. The summed E-state index contributed by atoms with van der Waals surface area (Å²) in [7, 11) is 0. The number of hydrogen-bond acceptors (Lipinski definition) is 3. The van der Waals surface area contributed by atoms with Crippen molar-refractivity contribution in [1.29, 1.82) is 0 Å². The number of fused-ring (bicyclic) bond motifs is 1. The number of alkyl halides is 2. The molecule has 1 aromatic heterocycles. The maximum Gasteiger partial charge on any atom is 0.346 e. The Morgan fingerprint density at radius 1 is 1.19 bits per heavy atom. The number of amides is 1. The normalized spacial score (nSPS) is 23.6. The zero-order valence-corrected chi connectivity index (χ0v) is 16.8. The minimum absolute atomic E-state index is 0.0342. The highest BCUT2D eigenvalue weighted by Gasteiger charge is 2.48. The topological polar surface area (TPSA) is 60.1 Å². The van der Waals surface area contributed by atoms with Crippen LogP contribution in [0.4, 0.5) is 17.6 Å². The van der Waals surface area contributed by atoms with E-state index in [9.17, 15) is 27.2 Å². The van der Waals surface area contributed by atoms with Crippen molar-refractivity contribution in [1.82, 2.24) is 19.2 Å². The molecule has 0 N–H and O–H groups in total. The Morgan fingerprint density at radius 3 is 2.61 bits per heavy atom. The summed E-state index contributed by atoms with van der Waals surface area (Å²) < 4.78 is 57.4. The molecule has 3 aliphatic rings. The minimum Gasteiger partial charge on any atom is -0.335 e. The summed E-state index contributed by atoms with van der Waals surface area (Å²) >= 11 is 0. The first-order valence-corrected chi connectivity index (χ1v) is 10.5. The summed E-state index contributed by atoms with van der Waals surface area (Å²) in [4.78, 5) is 27.2. The van der Waals surface area contributed by atoms with E-state index in [4.69, 9.17) is 0 Å². The fraction of sp³-hybridized carbons (Fsp3) is 0.571. The minimum atomic E-state index is -2.90. The van der Waals surface area contributed by atoms with Crippen LogP contribution in [0.2, 0.25) is 0 Å². The van der Waals surface area contributed by atoms with Gasteiger partial charge in [0.1, 0.15) is 23.5 Å². The predicted molar refractivity (Wildman–Crippen MR) is 102 cm³/mol. The smallest absolute Gasteiger partial charge is 0.335 e. The van der Waals surface area contributed by atoms with Gasteiger partial charge in [-0.05, 0) is 37.3 Å². The predicted octanol–water partition coefficient (Wildman–Crippen LogP) is 2.80. The van der Waals surface area contributed by atoms with Crippen molar-refractivity contribution in [2.45, 2.75) is 62.4 Å². The quantitative estimate of drug-likeness (QED) is 0.690. The van der Waals surface area contributed by atoms with Gasteiger partial charge in [-0.2, -0.15) is 5.10 Å². The summed E-state index contributed by atoms with van der Waals surface area (Å²) in [5, 5.41) is 4.39. The number of aromatic nitrogens is 3. The fourth-order valence-electron chi connectivity index (χ4n) is 4.87. The van der Waals surface area contributed by atoms with Crippen molar-refractivity contribution in [3.05, 3.63) is 51.7 Å². The maximum atomic E-state index is 14.4. The van der Waals surface area contributed by atoms with Crippen LogP contribution in [0.1, 0.15) is 49.5 Å². The number of carbonyl (C=O) groups is 1. The molecular weight excluding hydrogens is 416 g/mol. The Balaban J connectivity index is 1.43. The molecule has 2 aromatic rings. The molecule has 2 fully saturated rings. The molecule has 166 valence electrons. The van der Waals surface area contributed by atoms with Crippen molar-refractivity contribution in [2.75, 3.05) is 13.1 Å². The SMILES string of the molecule is O=C([C@@H]1CCCc2nn(CC3(c4ccc(F)cc4F)CC3)c(=O)n21)N1CCC(F)(F)C1. The van der Waals surface area contributed by atoms with Crippen LogP contribution in [-0.4, -0.2) is 44.2 Å². The third kappa shape index (κ3) is 3.45. The highest BCUT2D eigenvalue weighted by Crippen LogP contribution is 2.50. The number of nitrogens with zero attached hydrogens (tertiary/aromatic N) is 4. The third-order valence-electron chi connectivity index (χ3n) is 6.71. The van der Waals surface area contributed by atoms with E-state index in [0.29, 0.717) is 43.5 Å². The van der Waals surface area contributed by atoms with Crippen LogP contribution in [0.3, 0.4) is 0 Å². The van der Waals surface area contributed by atoms with Crippen LogP contribution in [0.25, 0.3) is 0 Å². The molecular formula is C21H22F4N4O2. The second-order valence-corrected chi connectivity index (χ2v) is 8.90. The Bertz CT molecular complexity index is 1110. The van der Waals surface area contributed by atoms with Gasteiger partial charge in [0, 0.05) is 30.9 Å². The van der Waals surface area contributed by atoms with Gasteiger partial charge in [-0.25, -0.2) is 27.0 Å². The molecule has 5 rings (SSSR count). The summed E-state index contributed by atoms with van der Waals surface area (Å²) in [5.41, 5.74) is -0.783. The zero-order valence-electron chi connectivity index (χ0n) is 16.8. The Labute approximate surface area is 175 Å². The molecule has 0 radical (unpaired) electrons. The van der Waals surface area contributed by atoms with E-state index >= 15 is 0 Å². The number of carbonyl (C=O) groups excluding carboxylic acids is 1. The van der Waals surface area contributed by atoms with Crippen molar-refractivity contribution in [3.8, 4) is 0 Å². The summed E-state index contributed by atoms with van der Waals surface area (Å²) in [6.07, 6.45) is 2.40. The van der Waals surface area contributed by atoms with Crippen molar-refractivity contribution >= 4 is 5.91 Å². The van der Waals surface area contributed by atoms with Gasteiger partial charge in [-0.1, -0.05) is 6.07 Å². The number of halogens is 4. The van der Waals surface area contributed by atoms with Crippen LogP contribution >= 0.6 is 0 Å². The number of rotatable bonds is 4. The molecule has 0 unspecified atom stereocenters. The highest BCUT2D eigenvalue weighted by molar-refractivity contribution is 5.81. The van der Waals surface area contributed by atoms with Gasteiger partial charge < -0.3 is 4.90 Å². The summed E-state index contributed by atoms with van der Waals surface area (Å²) in [6, 6.07) is 2.58. The molecule has 0 bridgehead atoms. The Hall–Kier alpha value is -2.65. The number of hydrogen-bond donors (Lipinski definition) is 0. The number of likely N-dealkylation sites (tertiary alicyclic amines) is 1. The van der Waals surface area contributed by atoms with Crippen LogP contribution in [-0.2, 0) is 23.2 Å². The number of aryl methyl sites for hydroxylation is 1. The lowest BCUT2D eigenvalue weighted by Gasteiger charge is -2.27. The molecule has 1 aliphatic carbocycles. The van der Waals surface area contributed by atoms with Gasteiger partial charge in [0.15, 0.2) is 0 Å². The third-order valence-corrected chi connectivity index (χ3v) is 6.71. The van der Waals surface area contributed by atoms with E-state index in [2.05, 4.69) is 5.10 Å². The van der Waals surface area contributed by atoms with E-state index in [1.54, 1.807) is 0 Å². The van der Waals surface area contributed by atoms with E-state index in [-0.39, 0.29) is 19.5 Å². The lowest BCUT2D eigenvalue weighted by Crippen LogP contribution is -2.42. The largest absolute Gasteiger partial charge is 0.346 e. The molecule has 10 heteroatoms. The van der Waals surface area contributed by atoms with Gasteiger partial charge in [-0.15, -0.1) is 0 Å². The van der Waals surface area contributed by atoms with E-state index in [1.807, 2.05) is 0 Å². The van der Waals surface area contributed by atoms with Gasteiger partial charge in [-0.3, -0.25) is 9.36 Å². The first-order chi connectivity index (χ1) is 14.7. The summed E-state index contributed by atoms with van der Waals surface area (Å²) in [5.74, 6) is -4.26. The van der Waals surface area contributed by atoms with Crippen molar-refractivity contribution in [3.63, 3.8) is 0 Å². The standard InChI is InChI=1S/C21H22F4N4O2/c22-13-4-5-14(15(23)10-13)20(6-7-20)11-28-19(31)29-16(2-1-3-17(29)26-28)18(30)27-9-8-21(24,25)12-27/h4-5,10,16H,1-3,6-9,11-12H2/t16-/m0/s1. The lowest BCUT2D eigenvalue weighted by atomic mass is 9.95. The molecule has 3 heterocycles. The van der Waals surface area contributed by atoms with Crippen LogP contribution in [0, 0.1) is 11.6 Å². The highest BCUT2D eigenvalue weighted by atomic mass is 19.3. The van der Waals surface area contributed by atoms with Crippen LogP contribution in [0.5, 0.6) is 0 Å². The molecule has 2 aliphatic heterocycles. The van der Waals surface area contributed by atoms with E-state index in [0.717, 1.165) is 11.0 Å². The van der Waals surface area contributed by atoms with Crippen LogP contribution < -0.4 is 5.69 Å². The molecule has 1 saturated heterocycles. The van der Waals surface area contributed by atoms with Gasteiger partial charge >= 0.3 is 5.69 Å². The molecule has 1 aromatic carbocycles. The van der Waals surface area contributed by atoms with Crippen LogP contribution in [0.15, 0.2) is 23.0 Å². The second-order valence-electron chi connectivity index (χ2n) is 8.90. The second kappa shape index (κ2) is 6.93. The lowest BCUT2D eigenvalue weighted by molar-refractivity contribution is -0.135. The zero-order chi connectivity index (χ0) is 22.0. The molecule has 1 atom stereocenters. The molecule has 6 nitrogen and oxygen atoms in total. The molecule has 31 heavy (non-hydrogen) atoms. The summed E-state index contributed by atoms with van der Waals surface area (Å²) in [6.45, 7) is -0.544. The fourth-order valence-corrected chi connectivity index (χ4v) is 4.87. The van der Waals surface area contributed by atoms with Gasteiger partial charge in [0.2, 0.25) is 5.91 Å². The Morgan fingerprint density at radius 2 is 1.97 bits per heavy atom.